The standard InChI is InChI=1S/C10H18N2OS/c13-10(9-3-1-4-11-9)12-5-2-7-14-8-6-12/h9,11H,1-8H2/t9-/m0/s1. The van der Waals surface area contributed by atoms with E-state index in [9.17, 15) is 4.79 Å². The number of hydrogen-bond donors (Lipinski definition) is 1. The van der Waals surface area contributed by atoms with E-state index in [2.05, 4.69) is 5.32 Å². The molecule has 1 atom stereocenters. The third-order valence-corrected chi connectivity index (χ3v) is 3.94. The van der Waals surface area contributed by atoms with Crippen LogP contribution < -0.4 is 5.32 Å². The molecule has 0 aliphatic carbocycles. The summed E-state index contributed by atoms with van der Waals surface area (Å²) >= 11 is 1.97. The van der Waals surface area contributed by atoms with Crippen LogP contribution in [0.25, 0.3) is 0 Å². The maximum absolute atomic E-state index is 12.0. The van der Waals surface area contributed by atoms with Crippen molar-refractivity contribution >= 4 is 17.7 Å². The molecule has 0 saturated carbocycles. The molecule has 3 nitrogen and oxygen atoms in total. The van der Waals surface area contributed by atoms with E-state index in [-0.39, 0.29) is 6.04 Å². The molecule has 0 unspecified atom stereocenters. The molecule has 14 heavy (non-hydrogen) atoms. The minimum atomic E-state index is 0.123. The number of rotatable bonds is 1. The maximum atomic E-state index is 12.0. The molecule has 80 valence electrons. The Morgan fingerprint density at radius 2 is 2.21 bits per heavy atom. The summed E-state index contributed by atoms with van der Waals surface area (Å²) in [4.78, 5) is 14.1. The quantitative estimate of drug-likeness (QED) is 0.697. The Morgan fingerprint density at radius 3 is 3.00 bits per heavy atom. The van der Waals surface area contributed by atoms with Crippen molar-refractivity contribution in [1.29, 1.82) is 0 Å². The number of carbonyl (C=O) groups excluding carboxylic acids is 1. The van der Waals surface area contributed by atoms with Gasteiger partial charge < -0.3 is 10.2 Å². The fourth-order valence-electron chi connectivity index (χ4n) is 2.08. The van der Waals surface area contributed by atoms with Gasteiger partial charge in [0, 0.05) is 18.8 Å². The maximum Gasteiger partial charge on any atom is 0.239 e. The highest BCUT2D eigenvalue weighted by molar-refractivity contribution is 7.99. The second kappa shape index (κ2) is 5.03. The Morgan fingerprint density at radius 1 is 1.29 bits per heavy atom. The third kappa shape index (κ3) is 2.42. The smallest absolute Gasteiger partial charge is 0.239 e. The van der Waals surface area contributed by atoms with E-state index in [4.69, 9.17) is 0 Å². The van der Waals surface area contributed by atoms with Gasteiger partial charge in [-0.15, -0.1) is 0 Å². The van der Waals surface area contributed by atoms with Crippen molar-refractivity contribution in [1.82, 2.24) is 10.2 Å². The molecular weight excluding hydrogens is 196 g/mol. The Hall–Kier alpha value is -0.220. The van der Waals surface area contributed by atoms with E-state index in [0.717, 1.165) is 44.6 Å². The molecule has 0 radical (unpaired) electrons. The van der Waals surface area contributed by atoms with Gasteiger partial charge in [0.05, 0.1) is 6.04 Å². The molecule has 4 heteroatoms. The van der Waals surface area contributed by atoms with Gasteiger partial charge in [-0.3, -0.25) is 4.79 Å². The van der Waals surface area contributed by atoms with Gasteiger partial charge in [-0.1, -0.05) is 0 Å². The molecule has 1 N–H and O–H groups in total. The van der Waals surface area contributed by atoms with Gasteiger partial charge in [0.2, 0.25) is 5.91 Å². The topological polar surface area (TPSA) is 32.3 Å². The van der Waals surface area contributed by atoms with Gasteiger partial charge in [-0.2, -0.15) is 11.8 Å². The molecular formula is C10H18N2OS. The van der Waals surface area contributed by atoms with Crippen molar-refractivity contribution in [3.8, 4) is 0 Å². The first-order valence-electron chi connectivity index (χ1n) is 5.48. The zero-order valence-electron chi connectivity index (χ0n) is 8.50. The van der Waals surface area contributed by atoms with E-state index in [1.54, 1.807) is 0 Å². The summed E-state index contributed by atoms with van der Waals surface area (Å²) in [6.07, 6.45) is 3.34. The van der Waals surface area contributed by atoms with Gasteiger partial charge in [-0.05, 0) is 31.6 Å². The lowest BCUT2D eigenvalue weighted by atomic mass is 10.2. The van der Waals surface area contributed by atoms with Crippen LogP contribution >= 0.6 is 11.8 Å². The molecule has 2 fully saturated rings. The lowest BCUT2D eigenvalue weighted by molar-refractivity contribution is -0.132. The molecule has 2 rings (SSSR count). The van der Waals surface area contributed by atoms with Crippen LogP contribution in [0.1, 0.15) is 19.3 Å². The molecule has 0 bridgehead atoms. The van der Waals surface area contributed by atoms with E-state index in [1.165, 1.54) is 5.75 Å². The highest BCUT2D eigenvalue weighted by atomic mass is 32.2. The molecule has 0 aromatic rings. The number of carbonyl (C=O) groups is 1. The average molecular weight is 214 g/mol. The number of nitrogens with zero attached hydrogens (tertiary/aromatic N) is 1. The summed E-state index contributed by atoms with van der Waals surface area (Å²) in [5.41, 5.74) is 0. The lowest BCUT2D eigenvalue weighted by Crippen LogP contribution is -2.44. The Kier molecular flexibility index (Phi) is 3.70. The van der Waals surface area contributed by atoms with Gasteiger partial charge in [-0.25, -0.2) is 0 Å². The summed E-state index contributed by atoms with van der Waals surface area (Å²) < 4.78 is 0. The first-order chi connectivity index (χ1) is 6.88. The minimum Gasteiger partial charge on any atom is -0.340 e. The normalized spacial score (nSPS) is 28.9. The van der Waals surface area contributed by atoms with E-state index in [1.807, 2.05) is 16.7 Å². The van der Waals surface area contributed by atoms with Crippen molar-refractivity contribution in [2.45, 2.75) is 25.3 Å². The summed E-state index contributed by atoms with van der Waals surface area (Å²) in [5.74, 6) is 2.66. The largest absolute Gasteiger partial charge is 0.340 e. The van der Waals surface area contributed by atoms with Gasteiger partial charge >= 0.3 is 0 Å². The molecule has 2 aliphatic heterocycles. The van der Waals surface area contributed by atoms with Gasteiger partial charge in [0.15, 0.2) is 0 Å². The van der Waals surface area contributed by atoms with Crippen LogP contribution in [-0.2, 0) is 4.79 Å². The van der Waals surface area contributed by atoms with Crippen LogP contribution in [0.4, 0.5) is 0 Å². The molecule has 0 aromatic heterocycles. The third-order valence-electron chi connectivity index (χ3n) is 2.89. The summed E-state index contributed by atoms with van der Waals surface area (Å²) in [5, 5.41) is 3.28. The van der Waals surface area contributed by atoms with E-state index >= 15 is 0 Å². The molecule has 0 aromatic carbocycles. The second-order valence-electron chi connectivity index (χ2n) is 3.94. The van der Waals surface area contributed by atoms with Crippen LogP contribution in [0.3, 0.4) is 0 Å². The SMILES string of the molecule is O=C([C@@H]1CCCN1)N1CCCSCC1. The molecule has 2 heterocycles. The van der Waals surface area contributed by atoms with Crippen molar-refractivity contribution in [3.05, 3.63) is 0 Å². The van der Waals surface area contributed by atoms with Crippen LogP contribution in [0.5, 0.6) is 0 Å². The highest BCUT2D eigenvalue weighted by Crippen LogP contribution is 2.14. The number of amides is 1. The molecule has 1 amide bonds. The molecule has 0 spiro atoms. The Labute approximate surface area is 89.6 Å². The van der Waals surface area contributed by atoms with Crippen molar-refractivity contribution < 1.29 is 4.79 Å². The van der Waals surface area contributed by atoms with Crippen molar-refractivity contribution in [2.24, 2.45) is 0 Å². The minimum absolute atomic E-state index is 0.123. The van der Waals surface area contributed by atoms with Gasteiger partial charge in [0.25, 0.3) is 0 Å². The second-order valence-corrected chi connectivity index (χ2v) is 5.16. The Balaban J connectivity index is 1.88. The summed E-state index contributed by atoms with van der Waals surface area (Å²) in [7, 11) is 0. The molecule has 2 aliphatic rings. The van der Waals surface area contributed by atoms with Crippen LogP contribution in [0, 0.1) is 0 Å². The fraction of sp³-hybridized carbons (Fsp3) is 0.900. The monoisotopic (exact) mass is 214 g/mol. The highest BCUT2D eigenvalue weighted by Gasteiger charge is 2.26. The van der Waals surface area contributed by atoms with E-state index < -0.39 is 0 Å². The Bertz CT molecular complexity index is 196. The summed E-state index contributed by atoms with van der Waals surface area (Å²) in [6.45, 7) is 2.92. The summed E-state index contributed by atoms with van der Waals surface area (Å²) in [6, 6.07) is 0.123. The average Bonchev–Trinajstić information content (AvgIpc) is 2.59. The predicted molar refractivity (Wildman–Crippen MR) is 59.5 cm³/mol. The van der Waals surface area contributed by atoms with E-state index in [0.29, 0.717) is 5.91 Å². The van der Waals surface area contributed by atoms with Crippen LogP contribution in [-0.4, -0.2) is 48.0 Å². The van der Waals surface area contributed by atoms with Crippen molar-refractivity contribution in [3.63, 3.8) is 0 Å². The fourth-order valence-corrected chi connectivity index (χ4v) is 2.97. The molecule has 2 saturated heterocycles. The zero-order chi connectivity index (χ0) is 9.80. The first kappa shape index (κ1) is 10.3. The predicted octanol–water partition coefficient (Wildman–Crippen LogP) is 0.704. The van der Waals surface area contributed by atoms with Crippen LogP contribution in [0.15, 0.2) is 0 Å². The number of nitrogens with one attached hydrogen (secondary N) is 1. The first-order valence-corrected chi connectivity index (χ1v) is 6.63. The van der Waals surface area contributed by atoms with Gasteiger partial charge in [0.1, 0.15) is 0 Å². The van der Waals surface area contributed by atoms with Crippen LogP contribution in [0.2, 0.25) is 0 Å². The zero-order valence-corrected chi connectivity index (χ0v) is 9.31. The number of thioether (sulfide) groups is 1. The number of hydrogen-bond acceptors (Lipinski definition) is 3. The lowest BCUT2D eigenvalue weighted by Gasteiger charge is -2.23. The van der Waals surface area contributed by atoms with Crippen molar-refractivity contribution in [2.75, 3.05) is 31.1 Å².